The zero-order valence-electron chi connectivity index (χ0n) is 22.7. The maximum Gasteiger partial charge on any atom is 0.255 e. The molecule has 0 aliphatic rings. The third-order valence-corrected chi connectivity index (χ3v) is 6.21. The van der Waals surface area contributed by atoms with Gasteiger partial charge in [0.1, 0.15) is 17.9 Å². The molecule has 0 saturated heterocycles. The standard InChI is InChI=1S/C28H32N8O3/c1-7-27(37)33-22-14-23(25(39-6)13-20(22)28(38)35(4)11-10-34(2)3)32-26-15-21(29-17-30-26)18-8-9-24-19(12-18)16-31-36(24)5/h7-9,12-17H,1,10-11H2,2-6H3,(H,33,37)(H,29,30,32). The molecule has 0 radical (unpaired) electrons. The molecule has 202 valence electrons. The molecule has 4 rings (SSSR count). The highest BCUT2D eigenvalue weighted by Crippen LogP contribution is 2.35. The summed E-state index contributed by atoms with van der Waals surface area (Å²) >= 11 is 0. The lowest BCUT2D eigenvalue weighted by atomic mass is 10.1. The smallest absolute Gasteiger partial charge is 0.255 e. The van der Waals surface area contributed by atoms with Crippen LogP contribution in [0, 0.1) is 0 Å². The van der Waals surface area contributed by atoms with Crippen molar-refractivity contribution in [1.29, 1.82) is 0 Å². The van der Waals surface area contributed by atoms with Crippen molar-refractivity contribution in [2.24, 2.45) is 7.05 Å². The van der Waals surface area contributed by atoms with E-state index in [4.69, 9.17) is 4.74 Å². The lowest BCUT2D eigenvalue weighted by molar-refractivity contribution is -0.111. The van der Waals surface area contributed by atoms with Gasteiger partial charge < -0.3 is 25.2 Å². The molecule has 2 N–H and O–H groups in total. The fraction of sp³-hybridized carbons (Fsp3) is 0.250. The Morgan fingerprint density at radius 3 is 2.59 bits per heavy atom. The molecule has 11 nitrogen and oxygen atoms in total. The van der Waals surface area contributed by atoms with Crippen LogP contribution in [0.5, 0.6) is 5.75 Å². The monoisotopic (exact) mass is 528 g/mol. The number of amides is 2. The molecule has 0 unspecified atom stereocenters. The van der Waals surface area contributed by atoms with Crippen molar-refractivity contribution in [3.8, 4) is 17.0 Å². The number of hydrogen-bond acceptors (Lipinski definition) is 8. The van der Waals surface area contributed by atoms with E-state index in [1.807, 2.05) is 61.2 Å². The van der Waals surface area contributed by atoms with Gasteiger partial charge in [0.15, 0.2) is 0 Å². The van der Waals surface area contributed by atoms with E-state index in [9.17, 15) is 9.59 Å². The molecule has 39 heavy (non-hydrogen) atoms. The van der Waals surface area contributed by atoms with Gasteiger partial charge in [-0.2, -0.15) is 5.10 Å². The summed E-state index contributed by atoms with van der Waals surface area (Å²) in [7, 11) is 9.00. The van der Waals surface area contributed by atoms with Crippen molar-refractivity contribution in [1.82, 2.24) is 29.5 Å². The summed E-state index contributed by atoms with van der Waals surface area (Å²) in [5.41, 5.74) is 3.77. The Morgan fingerprint density at radius 1 is 1.08 bits per heavy atom. The molecule has 4 aromatic rings. The second-order valence-electron chi connectivity index (χ2n) is 9.28. The van der Waals surface area contributed by atoms with Gasteiger partial charge in [0.05, 0.1) is 41.5 Å². The summed E-state index contributed by atoms with van der Waals surface area (Å²) in [5, 5.41) is 11.3. The first-order chi connectivity index (χ1) is 18.7. The number of hydrogen-bond donors (Lipinski definition) is 2. The van der Waals surface area contributed by atoms with Crippen LogP contribution in [-0.2, 0) is 11.8 Å². The Hall–Kier alpha value is -4.77. The van der Waals surface area contributed by atoms with Crippen molar-refractivity contribution >= 4 is 39.9 Å². The van der Waals surface area contributed by atoms with E-state index >= 15 is 0 Å². The van der Waals surface area contributed by atoms with Crippen molar-refractivity contribution < 1.29 is 14.3 Å². The van der Waals surface area contributed by atoms with Gasteiger partial charge in [-0.25, -0.2) is 9.97 Å². The van der Waals surface area contributed by atoms with Gasteiger partial charge in [0.2, 0.25) is 5.91 Å². The number of anilines is 3. The SMILES string of the molecule is C=CC(=O)Nc1cc(Nc2cc(-c3ccc4c(cnn4C)c3)ncn2)c(OC)cc1C(=O)N(C)CCN(C)C. The van der Waals surface area contributed by atoms with E-state index in [2.05, 4.69) is 32.3 Å². The number of carbonyl (C=O) groups excluding carboxylic acids is 2. The highest BCUT2D eigenvalue weighted by molar-refractivity contribution is 6.07. The first-order valence-corrected chi connectivity index (χ1v) is 12.3. The number of benzene rings is 2. The van der Waals surface area contributed by atoms with Crippen LogP contribution in [0.2, 0.25) is 0 Å². The molecule has 0 fully saturated rings. The summed E-state index contributed by atoms with van der Waals surface area (Å²) in [6.45, 7) is 4.73. The van der Waals surface area contributed by atoms with Gasteiger partial charge in [0, 0.05) is 44.2 Å². The lowest BCUT2D eigenvalue weighted by Crippen LogP contribution is -2.34. The summed E-state index contributed by atoms with van der Waals surface area (Å²) < 4.78 is 7.43. The summed E-state index contributed by atoms with van der Waals surface area (Å²) in [6.07, 6.45) is 4.43. The van der Waals surface area contributed by atoms with Crippen LogP contribution in [0.25, 0.3) is 22.2 Å². The van der Waals surface area contributed by atoms with Gasteiger partial charge in [-0.1, -0.05) is 12.6 Å². The number of aromatic nitrogens is 4. The van der Waals surface area contributed by atoms with Crippen molar-refractivity contribution in [3.05, 3.63) is 67.1 Å². The number of carbonyl (C=O) groups is 2. The minimum Gasteiger partial charge on any atom is -0.495 e. The van der Waals surface area contributed by atoms with Crippen LogP contribution in [0.15, 0.2) is 61.6 Å². The second-order valence-corrected chi connectivity index (χ2v) is 9.28. The number of nitrogens with one attached hydrogen (secondary N) is 2. The third kappa shape index (κ3) is 6.21. The maximum absolute atomic E-state index is 13.3. The number of ether oxygens (including phenoxy) is 1. The Morgan fingerprint density at radius 2 is 1.87 bits per heavy atom. The van der Waals surface area contributed by atoms with E-state index in [0.717, 1.165) is 22.5 Å². The lowest BCUT2D eigenvalue weighted by Gasteiger charge is -2.22. The number of nitrogens with zero attached hydrogens (tertiary/aromatic N) is 6. The van der Waals surface area contributed by atoms with Crippen LogP contribution in [-0.4, -0.2) is 82.7 Å². The molecule has 0 aliphatic carbocycles. The normalized spacial score (nSPS) is 10.9. The average molecular weight is 529 g/mol. The van der Waals surface area contributed by atoms with Crippen LogP contribution in [0.4, 0.5) is 17.2 Å². The average Bonchev–Trinajstić information content (AvgIpc) is 3.31. The Balaban J connectivity index is 1.68. The van der Waals surface area contributed by atoms with E-state index in [-0.39, 0.29) is 5.91 Å². The molecule has 0 spiro atoms. The van der Waals surface area contributed by atoms with Crippen molar-refractivity contribution in [2.75, 3.05) is 52.0 Å². The fourth-order valence-corrected chi connectivity index (χ4v) is 4.01. The zero-order chi connectivity index (χ0) is 28.1. The Bertz CT molecular complexity index is 1530. The molecular weight excluding hydrogens is 496 g/mol. The molecule has 0 atom stereocenters. The molecular formula is C28H32N8O3. The van der Waals surface area contributed by atoms with E-state index in [1.165, 1.54) is 13.4 Å². The molecule has 0 aliphatic heterocycles. The van der Waals surface area contributed by atoms with Gasteiger partial charge in [-0.15, -0.1) is 0 Å². The molecule has 2 amide bonds. The molecule has 2 aromatic carbocycles. The summed E-state index contributed by atoms with van der Waals surface area (Å²) in [5.74, 6) is 0.225. The van der Waals surface area contributed by atoms with Gasteiger partial charge in [-0.3, -0.25) is 14.3 Å². The van der Waals surface area contributed by atoms with Crippen molar-refractivity contribution in [2.45, 2.75) is 0 Å². The summed E-state index contributed by atoms with van der Waals surface area (Å²) in [6, 6.07) is 11.1. The number of fused-ring (bicyclic) bond motifs is 1. The van der Waals surface area contributed by atoms with Gasteiger partial charge in [0.25, 0.3) is 5.91 Å². The molecule has 0 bridgehead atoms. The first-order valence-electron chi connectivity index (χ1n) is 12.3. The number of aryl methyl sites for hydroxylation is 1. The minimum atomic E-state index is -0.439. The number of likely N-dealkylation sites (N-methyl/N-ethyl adjacent to an activating group) is 2. The summed E-state index contributed by atoms with van der Waals surface area (Å²) in [4.78, 5) is 37.9. The highest BCUT2D eigenvalue weighted by atomic mass is 16.5. The second kappa shape index (κ2) is 11.7. The van der Waals surface area contributed by atoms with E-state index < -0.39 is 5.91 Å². The molecule has 11 heteroatoms. The van der Waals surface area contributed by atoms with Crippen LogP contribution in [0.3, 0.4) is 0 Å². The quantitative estimate of drug-likeness (QED) is 0.300. The maximum atomic E-state index is 13.3. The predicted octanol–water partition coefficient (Wildman–Crippen LogP) is 3.54. The third-order valence-electron chi connectivity index (χ3n) is 6.21. The van der Waals surface area contributed by atoms with Crippen LogP contribution in [0.1, 0.15) is 10.4 Å². The topological polar surface area (TPSA) is 118 Å². The highest BCUT2D eigenvalue weighted by Gasteiger charge is 2.21. The number of methoxy groups -OCH3 is 1. The van der Waals surface area contributed by atoms with Gasteiger partial charge >= 0.3 is 0 Å². The van der Waals surface area contributed by atoms with Crippen molar-refractivity contribution in [3.63, 3.8) is 0 Å². The van der Waals surface area contributed by atoms with Crippen LogP contribution < -0.4 is 15.4 Å². The van der Waals surface area contributed by atoms with E-state index in [0.29, 0.717) is 47.3 Å². The first kappa shape index (κ1) is 27.3. The largest absolute Gasteiger partial charge is 0.495 e. The molecule has 2 aromatic heterocycles. The van der Waals surface area contributed by atoms with Crippen LogP contribution >= 0.6 is 0 Å². The predicted molar refractivity (Wildman–Crippen MR) is 152 cm³/mol. The minimum absolute atomic E-state index is 0.254. The molecule has 2 heterocycles. The fourth-order valence-electron chi connectivity index (χ4n) is 4.01. The molecule has 0 saturated carbocycles. The van der Waals surface area contributed by atoms with E-state index in [1.54, 1.807) is 24.1 Å². The Labute approximate surface area is 227 Å². The zero-order valence-corrected chi connectivity index (χ0v) is 22.7. The number of rotatable bonds is 10. The van der Waals surface area contributed by atoms with Gasteiger partial charge in [-0.05, 0) is 44.4 Å². The Kier molecular flexibility index (Phi) is 8.21.